The molecule has 0 aromatic heterocycles. The Hall–Kier alpha value is -1.02. The van der Waals surface area contributed by atoms with Gasteiger partial charge in [-0.05, 0) is 18.2 Å². The van der Waals surface area contributed by atoms with Crippen LogP contribution in [0.1, 0.15) is 5.56 Å². The zero-order valence-corrected chi connectivity index (χ0v) is 11.0. The van der Waals surface area contributed by atoms with Crippen LogP contribution in [0, 0.1) is 0 Å². The lowest BCUT2D eigenvalue weighted by molar-refractivity contribution is 1.52. The maximum absolute atomic E-state index is 6.06. The molecule has 0 aliphatic rings. The van der Waals surface area contributed by atoms with Gasteiger partial charge in [-0.1, -0.05) is 59.1 Å². The van der Waals surface area contributed by atoms with Crippen molar-refractivity contribution in [2.24, 2.45) is 4.99 Å². The molecule has 0 heterocycles. The normalized spacial score (nSPS) is 11.0. The van der Waals surface area contributed by atoms with Crippen LogP contribution in [0.4, 0.5) is 5.69 Å². The predicted molar refractivity (Wildman–Crippen MR) is 75.2 cm³/mol. The molecule has 0 N–H and O–H groups in total. The second kappa shape index (κ2) is 5.54. The molecule has 0 saturated carbocycles. The summed E-state index contributed by atoms with van der Waals surface area (Å²) >= 11 is 17.8. The Labute approximate surface area is 115 Å². The molecule has 0 atom stereocenters. The lowest BCUT2D eigenvalue weighted by Crippen LogP contribution is -1.84. The van der Waals surface area contributed by atoms with E-state index in [1.807, 2.05) is 30.3 Å². The first-order valence-corrected chi connectivity index (χ1v) is 6.04. The number of aliphatic imine (C=N–C) groups is 1. The molecule has 0 amide bonds. The molecule has 4 heteroatoms. The summed E-state index contributed by atoms with van der Waals surface area (Å²) in [5, 5.41) is 1.21. The second-order valence-electron chi connectivity index (χ2n) is 3.36. The van der Waals surface area contributed by atoms with Gasteiger partial charge in [0.2, 0.25) is 0 Å². The summed E-state index contributed by atoms with van der Waals surface area (Å²) < 4.78 is 0. The molecule has 0 radical (unpaired) electrons. The first-order valence-electron chi connectivity index (χ1n) is 4.91. The lowest BCUT2D eigenvalue weighted by atomic mass is 10.2. The molecular formula is C13H8Cl3N. The monoisotopic (exact) mass is 283 g/mol. The van der Waals surface area contributed by atoms with E-state index in [4.69, 9.17) is 34.8 Å². The molecule has 1 nitrogen and oxygen atoms in total. The molecule has 0 aliphatic heterocycles. The highest BCUT2D eigenvalue weighted by molar-refractivity contribution is 6.48. The van der Waals surface area contributed by atoms with Crippen LogP contribution in [0.25, 0.3) is 0 Å². The van der Waals surface area contributed by atoms with Crippen molar-refractivity contribution < 1.29 is 0 Å². The number of nitrogens with zero attached hydrogens (tertiary/aromatic N) is 1. The highest BCUT2D eigenvalue weighted by Crippen LogP contribution is 2.32. The fourth-order valence-electron chi connectivity index (χ4n) is 1.30. The van der Waals surface area contributed by atoms with E-state index in [9.17, 15) is 0 Å². The Morgan fingerprint density at radius 1 is 0.824 bits per heavy atom. The van der Waals surface area contributed by atoms with Gasteiger partial charge in [0.05, 0.1) is 20.8 Å². The standard InChI is InChI=1S/C13H8Cl3N/c14-11-7-6-9(12(15)13(11)16)8-17-10-4-2-1-3-5-10/h1-8H/b17-8+. The quantitative estimate of drug-likeness (QED) is 0.517. The largest absolute Gasteiger partial charge is 0.256 e. The second-order valence-corrected chi connectivity index (χ2v) is 4.52. The van der Waals surface area contributed by atoms with Crippen molar-refractivity contribution in [3.8, 4) is 0 Å². The summed E-state index contributed by atoms with van der Waals surface area (Å²) in [5.41, 5.74) is 1.60. The van der Waals surface area contributed by atoms with Gasteiger partial charge in [-0.25, -0.2) is 0 Å². The van der Waals surface area contributed by atoms with Gasteiger partial charge in [-0.2, -0.15) is 0 Å². The molecule has 0 aliphatic carbocycles. The molecular weight excluding hydrogens is 277 g/mol. The molecule has 0 spiro atoms. The van der Waals surface area contributed by atoms with Gasteiger partial charge in [0, 0.05) is 11.8 Å². The minimum Gasteiger partial charge on any atom is -0.256 e. The van der Waals surface area contributed by atoms with Gasteiger partial charge < -0.3 is 0 Å². The predicted octanol–water partition coefficient (Wildman–Crippen LogP) is 5.40. The zero-order valence-electron chi connectivity index (χ0n) is 8.70. The van der Waals surface area contributed by atoms with E-state index < -0.39 is 0 Å². The molecule has 17 heavy (non-hydrogen) atoms. The third-order valence-electron chi connectivity index (χ3n) is 2.17. The number of rotatable bonds is 2. The summed E-state index contributed by atoms with van der Waals surface area (Å²) in [7, 11) is 0. The molecule has 0 fully saturated rings. The van der Waals surface area contributed by atoms with E-state index in [1.165, 1.54) is 0 Å². The first-order chi connectivity index (χ1) is 8.18. The van der Waals surface area contributed by atoms with Crippen molar-refractivity contribution in [3.63, 3.8) is 0 Å². The number of halogens is 3. The smallest absolute Gasteiger partial charge is 0.0785 e. The minimum absolute atomic E-state index is 0.352. The SMILES string of the molecule is Clc1ccc(/C=N/c2ccccc2)c(Cl)c1Cl. The maximum Gasteiger partial charge on any atom is 0.0785 e. The molecule has 0 saturated heterocycles. The summed E-state index contributed by atoms with van der Waals surface area (Å²) in [5.74, 6) is 0. The molecule has 2 rings (SSSR count). The Balaban J connectivity index is 2.31. The van der Waals surface area contributed by atoms with Crippen LogP contribution in [-0.4, -0.2) is 6.21 Å². The molecule has 86 valence electrons. The van der Waals surface area contributed by atoms with Crippen molar-refractivity contribution in [2.45, 2.75) is 0 Å². The number of benzene rings is 2. The van der Waals surface area contributed by atoms with Crippen molar-refractivity contribution in [3.05, 3.63) is 63.1 Å². The number of hydrogen-bond acceptors (Lipinski definition) is 1. The van der Waals surface area contributed by atoms with Crippen molar-refractivity contribution in [2.75, 3.05) is 0 Å². The summed E-state index contributed by atoms with van der Waals surface area (Å²) in [6, 6.07) is 13.1. The Morgan fingerprint density at radius 2 is 1.53 bits per heavy atom. The Kier molecular flexibility index (Phi) is 4.06. The zero-order chi connectivity index (χ0) is 12.3. The van der Waals surface area contributed by atoms with Crippen LogP contribution in [0.2, 0.25) is 15.1 Å². The van der Waals surface area contributed by atoms with Gasteiger partial charge in [0.25, 0.3) is 0 Å². The molecule has 0 unspecified atom stereocenters. The van der Waals surface area contributed by atoms with Gasteiger partial charge in [0.15, 0.2) is 0 Å². The lowest BCUT2D eigenvalue weighted by Gasteiger charge is -2.02. The van der Waals surface area contributed by atoms with Crippen molar-refractivity contribution >= 4 is 46.7 Å². The fraction of sp³-hybridized carbons (Fsp3) is 0. The van der Waals surface area contributed by atoms with Gasteiger partial charge in [0.1, 0.15) is 0 Å². The van der Waals surface area contributed by atoms with E-state index in [0.717, 1.165) is 11.3 Å². The first kappa shape index (κ1) is 12.4. The average molecular weight is 285 g/mol. The van der Waals surface area contributed by atoms with Crippen LogP contribution in [0.3, 0.4) is 0 Å². The van der Waals surface area contributed by atoms with E-state index >= 15 is 0 Å². The Morgan fingerprint density at radius 3 is 2.24 bits per heavy atom. The van der Waals surface area contributed by atoms with Crippen LogP contribution in [0.5, 0.6) is 0 Å². The number of para-hydroxylation sites is 1. The van der Waals surface area contributed by atoms with E-state index in [1.54, 1.807) is 18.3 Å². The third-order valence-corrected chi connectivity index (χ3v) is 3.48. The van der Waals surface area contributed by atoms with Gasteiger partial charge in [-0.15, -0.1) is 0 Å². The van der Waals surface area contributed by atoms with Crippen LogP contribution in [-0.2, 0) is 0 Å². The van der Waals surface area contributed by atoms with E-state index in [-0.39, 0.29) is 0 Å². The molecule has 2 aromatic rings. The fourth-order valence-corrected chi connectivity index (χ4v) is 1.89. The Bertz CT molecular complexity index is 550. The average Bonchev–Trinajstić information content (AvgIpc) is 2.36. The topological polar surface area (TPSA) is 12.4 Å². The van der Waals surface area contributed by atoms with Crippen LogP contribution >= 0.6 is 34.8 Å². The van der Waals surface area contributed by atoms with Gasteiger partial charge >= 0.3 is 0 Å². The highest BCUT2D eigenvalue weighted by Gasteiger charge is 2.06. The van der Waals surface area contributed by atoms with E-state index in [2.05, 4.69) is 4.99 Å². The van der Waals surface area contributed by atoms with Crippen LogP contribution < -0.4 is 0 Å². The summed E-state index contributed by atoms with van der Waals surface area (Å²) in [4.78, 5) is 4.30. The minimum atomic E-state index is 0.352. The third kappa shape index (κ3) is 3.01. The molecule has 2 aromatic carbocycles. The van der Waals surface area contributed by atoms with E-state index in [0.29, 0.717) is 15.1 Å². The highest BCUT2D eigenvalue weighted by atomic mass is 35.5. The van der Waals surface area contributed by atoms with Gasteiger partial charge in [-0.3, -0.25) is 4.99 Å². The number of hydrogen-bond donors (Lipinski definition) is 0. The van der Waals surface area contributed by atoms with Crippen molar-refractivity contribution in [1.82, 2.24) is 0 Å². The summed E-state index contributed by atoms with van der Waals surface area (Å²) in [6.45, 7) is 0. The van der Waals surface area contributed by atoms with Crippen LogP contribution in [0.15, 0.2) is 47.5 Å². The van der Waals surface area contributed by atoms with Crippen molar-refractivity contribution in [1.29, 1.82) is 0 Å². The molecule has 0 bridgehead atoms. The maximum atomic E-state index is 6.06. The summed E-state index contributed by atoms with van der Waals surface area (Å²) in [6.07, 6.45) is 1.67.